The minimum absolute atomic E-state index is 0.0304. The third-order valence-corrected chi connectivity index (χ3v) is 7.31. The zero-order valence-electron chi connectivity index (χ0n) is 26.4. The summed E-state index contributed by atoms with van der Waals surface area (Å²) in [7, 11) is 0. The summed E-state index contributed by atoms with van der Waals surface area (Å²) in [4.78, 5) is 0. The van der Waals surface area contributed by atoms with Crippen LogP contribution in [-0.4, -0.2) is 23.3 Å². The van der Waals surface area contributed by atoms with Gasteiger partial charge in [0.2, 0.25) is 0 Å². The van der Waals surface area contributed by atoms with Crippen LogP contribution >= 0.6 is 0 Å². The lowest BCUT2D eigenvalue weighted by Gasteiger charge is -2.27. The van der Waals surface area contributed by atoms with Gasteiger partial charge >= 0.3 is 0 Å². The van der Waals surface area contributed by atoms with E-state index in [0.29, 0.717) is 24.6 Å². The molecular weight excluding hydrogens is 468 g/mol. The molecule has 0 bridgehead atoms. The highest BCUT2D eigenvalue weighted by molar-refractivity contribution is 5.49. The Balaban J connectivity index is 1.93. The SMILES string of the molecule is CC(C)(C)c1cc(CNCCCCNCc2cc(C(C)(C)C)cc(C(C)(C)C)c2O)c(O)c(C(C)(C)C)c1. The Morgan fingerprint density at radius 2 is 0.816 bits per heavy atom. The fraction of sp³-hybridized carbons (Fsp3) is 0.647. The number of benzene rings is 2. The van der Waals surface area contributed by atoms with E-state index in [-0.39, 0.29) is 21.7 Å². The van der Waals surface area contributed by atoms with Gasteiger partial charge in [0.05, 0.1) is 0 Å². The van der Waals surface area contributed by atoms with E-state index in [9.17, 15) is 10.2 Å². The number of hydrogen-bond donors (Lipinski definition) is 4. The first-order valence-electron chi connectivity index (χ1n) is 14.4. The first-order valence-corrected chi connectivity index (χ1v) is 14.4. The van der Waals surface area contributed by atoms with Crippen LogP contribution < -0.4 is 10.6 Å². The lowest BCUT2D eigenvalue weighted by molar-refractivity contribution is 0.432. The Morgan fingerprint density at radius 1 is 0.500 bits per heavy atom. The van der Waals surface area contributed by atoms with E-state index in [0.717, 1.165) is 48.2 Å². The molecule has 0 aromatic heterocycles. The summed E-state index contributed by atoms with van der Waals surface area (Å²) >= 11 is 0. The molecule has 4 N–H and O–H groups in total. The van der Waals surface area contributed by atoms with Crippen LogP contribution in [0, 0.1) is 0 Å². The normalized spacial score (nSPS) is 13.3. The minimum atomic E-state index is -0.111. The second-order valence-electron chi connectivity index (χ2n) is 15.1. The van der Waals surface area contributed by atoms with E-state index < -0.39 is 0 Å². The Hall–Kier alpha value is -2.04. The topological polar surface area (TPSA) is 64.5 Å². The highest BCUT2D eigenvalue weighted by Gasteiger charge is 2.26. The van der Waals surface area contributed by atoms with E-state index in [4.69, 9.17) is 0 Å². The van der Waals surface area contributed by atoms with Gasteiger partial charge in [-0.1, -0.05) is 107 Å². The number of hydrogen-bond acceptors (Lipinski definition) is 4. The van der Waals surface area contributed by atoms with Crippen molar-refractivity contribution in [2.24, 2.45) is 0 Å². The van der Waals surface area contributed by atoms with E-state index in [1.54, 1.807) is 0 Å². The molecule has 2 aromatic rings. The van der Waals surface area contributed by atoms with Crippen molar-refractivity contribution in [1.82, 2.24) is 10.6 Å². The zero-order chi connectivity index (χ0) is 29.1. The third-order valence-electron chi connectivity index (χ3n) is 7.31. The van der Waals surface area contributed by atoms with Crippen molar-refractivity contribution < 1.29 is 10.2 Å². The third kappa shape index (κ3) is 8.74. The summed E-state index contributed by atoms with van der Waals surface area (Å²) in [5.41, 5.74) is 6.34. The molecule has 0 unspecified atom stereocenters. The van der Waals surface area contributed by atoms with Crippen molar-refractivity contribution in [2.45, 2.75) is 131 Å². The smallest absolute Gasteiger partial charge is 0.123 e. The molecule has 0 saturated heterocycles. The molecule has 2 aromatic carbocycles. The minimum Gasteiger partial charge on any atom is -0.507 e. The monoisotopic (exact) mass is 524 g/mol. The molecule has 0 heterocycles. The summed E-state index contributed by atoms with van der Waals surface area (Å²) in [6.07, 6.45) is 2.08. The Kier molecular flexibility index (Phi) is 10.2. The molecule has 0 atom stereocenters. The Labute approximate surface area is 233 Å². The van der Waals surface area contributed by atoms with Gasteiger partial charge in [0.15, 0.2) is 0 Å². The van der Waals surface area contributed by atoms with Crippen molar-refractivity contribution in [3.8, 4) is 11.5 Å². The molecule has 4 heteroatoms. The van der Waals surface area contributed by atoms with Crippen LogP contribution in [0.2, 0.25) is 0 Å². The molecular formula is C34H56N2O2. The number of phenols is 2. The van der Waals surface area contributed by atoms with Gasteiger partial charge in [0.1, 0.15) is 11.5 Å². The molecule has 0 spiro atoms. The summed E-state index contributed by atoms with van der Waals surface area (Å²) in [5, 5.41) is 29.0. The van der Waals surface area contributed by atoms with Crippen LogP contribution in [0.1, 0.15) is 129 Å². The largest absolute Gasteiger partial charge is 0.507 e. The van der Waals surface area contributed by atoms with Crippen LogP contribution in [0.3, 0.4) is 0 Å². The van der Waals surface area contributed by atoms with E-state index in [1.807, 2.05) is 0 Å². The molecule has 0 radical (unpaired) electrons. The van der Waals surface area contributed by atoms with E-state index in [2.05, 4.69) is 118 Å². The van der Waals surface area contributed by atoms with E-state index >= 15 is 0 Å². The predicted octanol–water partition coefficient (Wildman–Crippen LogP) is 7.95. The molecule has 0 aliphatic heterocycles. The van der Waals surface area contributed by atoms with Gasteiger partial charge in [-0.3, -0.25) is 0 Å². The van der Waals surface area contributed by atoms with E-state index in [1.165, 1.54) is 11.1 Å². The predicted molar refractivity (Wildman–Crippen MR) is 164 cm³/mol. The molecule has 2 rings (SSSR count). The molecule has 38 heavy (non-hydrogen) atoms. The molecule has 0 aliphatic rings. The fourth-order valence-electron chi connectivity index (χ4n) is 4.61. The summed E-state index contributed by atoms with van der Waals surface area (Å²) in [6, 6.07) is 8.65. The molecule has 0 fully saturated rings. The quantitative estimate of drug-likeness (QED) is 0.251. The second kappa shape index (κ2) is 12.0. The summed E-state index contributed by atoms with van der Waals surface area (Å²) in [5.74, 6) is 0.846. The maximum atomic E-state index is 11.0. The molecule has 214 valence electrons. The Morgan fingerprint density at radius 3 is 1.08 bits per heavy atom. The van der Waals surface area contributed by atoms with Crippen LogP contribution in [0.15, 0.2) is 24.3 Å². The van der Waals surface area contributed by atoms with Crippen molar-refractivity contribution in [3.63, 3.8) is 0 Å². The number of rotatable bonds is 9. The number of unbranched alkanes of at least 4 members (excludes halogenated alkanes) is 1. The van der Waals surface area contributed by atoms with Crippen LogP contribution in [-0.2, 0) is 34.7 Å². The summed E-state index contributed by atoms with van der Waals surface area (Å²) in [6.45, 7) is 29.4. The lowest BCUT2D eigenvalue weighted by atomic mass is 9.79. The first-order chi connectivity index (χ1) is 17.2. The van der Waals surface area contributed by atoms with Gasteiger partial charge in [0.25, 0.3) is 0 Å². The van der Waals surface area contributed by atoms with Crippen LogP contribution in [0.25, 0.3) is 0 Å². The second-order valence-corrected chi connectivity index (χ2v) is 15.1. The van der Waals surface area contributed by atoms with Gasteiger partial charge in [-0.05, 0) is 69.8 Å². The highest BCUT2D eigenvalue weighted by atomic mass is 16.3. The molecule has 0 aliphatic carbocycles. The highest BCUT2D eigenvalue weighted by Crippen LogP contribution is 2.39. The van der Waals surface area contributed by atoms with Gasteiger partial charge in [-0.2, -0.15) is 0 Å². The number of phenolic OH excluding ortho intramolecular Hbond substituents is 2. The number of aromatic hydroxyl groups is 2. The van der Waals surface area contributed by atoms with Gasteiger partial charge in [0, 0.05) is 24.2 Å². The maximum Gasteiger partial charge on any atom is 0.123 e. The maximum absolute atomic E-state index is 11.0. The molecule has 0 amide bonds. The lowest BCUT2D eigenvalue weighted by Crippen LogP contribution is -2.22. The average molecular weight is 525 g/mol. The van der Waals surface area contributed by atoms with Crippen molar-refractivity contribution >= 4 is 0 Å². The van der Waals surface area contributed by atoms with Crippen molar-refractivity contribution in [2.75, 3.05) is 13.1 Å². The fourth-order valence-corrected chi connectivity index (χ4v) is 4.61. The molecule has 4 nitrogen and oxygen atoms in total. The van der Waals surface area contributed by atoms with Crippen LogP contribution in [0.5, 0.6) is 11.5 Å². The van der Waals surface area contributed by atoms with Gasteiger partial charge in [-0.25, -0.2) is 0 Å². The first kappa shape index (κ1) is 32.2. The summed E-state index contributed by atoms with van der Waals surface area (Å²) < 4.78 is 0. The van der Waals surface area contributed by atoms with Crippen molar-refractivity contribution in [3.05, 3.63) is 57.6 Å². The van der Waals surface area contributed by atoms with Crippen LogP contribution in [0.4, 0.5) is 0 Å². The zero-order valence-corrected chi connectivity index (χ0v) is 26.4. The van der Waals surface area contributed by atoms with Gasteiger partial charge < -0.3 is 20.8 Å². The van der Waals surface area contributed by atoms with Crippen molar-refractivity contribution in [1.29, 1.82) is 0 Å². The average Bonchev–Trinajstić information content (AvgIpc) is 2.74. The Bertz CT molecular complexity index is 987. The molecule has 0 saturated carbocycles. The number of nitrogens with one attached hydrogen (secondary N) is 2. The van der Waals surface area contributed by atoms with Gasteiger partial charge in [-0.15, -0.1) is 0 Å². The standard InChI is InChI=1S/C34H56N2O2/c1-31(2,3)25-17-23(29(37)27(19-25)33(7,8)9)21-35-15-13-14-16-36-22-24-18-26(32(4,5)6)20-28(30(24)38)34(10,11)12/h17-20,35-38H,13-16,21-22H2,1-12H3.